The van der Waals surface area contributed by atoms with Crippen molar-refractivity contribution in [2.24, 2.45) is 0 Å². The van der Waals surface area contributed by atoms with Gasteiger partial charge < -0.3 is 4.57 Å². The zero-order chi connectivity index (χ0) is 10.7. The summed E-state index contributed by atoms with van der Waals surface area (Å²) in [6.45, 7) is 2.13. The third kappa shape index (κ3) is 1.77. The van der Waals surface area contributed by atoms with Crippen LogP contribution in [0.3, 0.4) is 0 Å². The molecular weight excluding hydrogens is 184 g/mol. The van der Waals surface area contributed by atoms with Crippen LogP contribution in [0.4, 0.5) is 0 Å². The van der Waals surface area contributed by atoms with Gasteiger partial charge in [-0.1, -0.05) is 19.1 Å². The fourth-order valence-corrected chi connectivity index (χ4v) is 1.59. The number of rotatable bonds is 2. The number of nitriles is 1. The summed E-state index contributed by atoms with van der Waals surface area (Å²) >= 11 is 0. The van der Waals surface area contributed by atoms with E-state index < -0.39 is 0 Å². The van der Waals surface area contributed by atoms with Gasteiger partial charge in [0.25, 0.3) is 0 Å². The van der Waals surface area contributed by atoms with Gasteiger partial charge in [0.1, 0.15) is 11.8 Å². The molecule has 0 aliphatic carbocycles. The predicted octanol–water partition coefficient (Wildman–Crippen LogP) is 2.91. The van der Waals surface area contributed by atoms with E-state index in [0.717, 1.165) is 12.1 Å². The maximum atomic E-state index is 8.90. The van der Waals surface area contributed by atoms with E-state index >= 15 is 0 Å². The van der Waals surface area contributed by atoms with Gasteiger partial charge in [0.15, 0.2) is 0 Å². The van der Waals surface area contributed by atoms with Gasteiger partial charge in [-0.2, -0.15) is 5.26 Å². The van der Waals surface area contributed by atoms with Crippen molar-refractivity contribution in [1.29, 1.82) is 5.26 Å². The molecule has 0 radical (unpaired) electrons. The lowest BCUT2D eigenvalue weighted by Gasteiger charge is -2.05. The molecule has 0 saturated heterocycles. The second kappa shape index (κ2) is 4.02. The van der Waals surface area contributed by atoms with Crippen molar-refractivity contribution in [3.63, 3.8) is 0 Å². The van der Waals surface area contributed by atoms with Crippen LogP contribution in [0.15, 0.2) is 42.6 Å². The van der Waals surface area contributed by atoms with E-state index in [-0.39, 0.29) is 0 Å². The van der Waals surface area contributed by atoms with Gasteiger partial charge in [0.2, 0.25) is 0 Å². The summed E-state index contributed by atoms with van der Waals surface area (Å²) in [5.74, 6) is 0. The smallest absolute Gasteiger partial charge is 0.124 e. The average molecular weight is 196 g/mol. The van der Waals surface area contributed by atoms with Gasteiger partial charge in [-0.05, 0) is 36.2 Å². The van der Waals surface area contributed by atoms with E-state index in [0.29, 0.717) is 5.69 Å². The van der Waals surface area contributed by atoms with Crippen LogP contribution < -0.4 is 0 Å². The number of nitrogens with zero attached hydrogens (tertiary/aromatic N) is 2. The summed E-state index contributed by atoms with van der Waals surface area (Å²) < 4.78 is 1.89. The summed E-state index contributed by atoms with van der Waals surface area (Å²) in [5, 5.41) is 8.90. The molecule has 0 spiro atoms. The van der Waals surface area contributed by atoms with E-state index in [1.54, 1.807) is 0 Å². The summed E-state index contributed by atoms with van der Waals surface area (Å²) in [5.41, 5.74) is 3.01. The first-order valence-electron chi connectivity index (χ1n) is 5.02. The summed E-state index contributed by atoms with van der Waals surface area (Å²) in [6.07, 6.45) is 2.94. The normalized spacial score (nSPS) is 9.87. The molecule has 0 fully saturated rings. The minimum atomic E-state index is 0.666. The van der Waals surface area contributed by atoms with Crippen LogP contribution in [0.2, 0.25) is 0 Å². The van der Waals surface area contributed by atoms with Gasteiger partial charge >= 0.3 is 0 Å². The van der Waals surface area contributed by atoms with Gasteiger partial charge in [-0.15, -0.1) is 0 Å². The molecular formula is C13H12N2. The van der Waals surface area contributed by atoms with Crippen LogP contribution in [0.1, 0.15) is 18.2 Å². The Bertz CT molecular complexity index is 486. The van der Waals surface area contributed by atoms with Crippen molar-refractivity contribution in [3.05, 3.63) is 53.9 Å². The van der Waals surface area contributed by atoms with Crippen molar-refractivity contribution in [1.82, 2.24) is 4.57 Å². The molecule has 0 saturated carbocycles. The van der Waals surface area contributed by atoms with Crippen LogP contribution in [0.25, 0.3) is 5.69 Å². The Hall–Kier alpha value is -2.01. The summed E-state index contributed by atoms with van der Waals surface area (Å²) in [4.78, 5) is 0. The highest BCUT2D eigenvalue weighted by atomic mass is 15.0. The van der Waals surface area contributed by atoms with E-state index in [9.17, 15) is 0 Å². The first-order chi connectivity index (χ1) is 7.35. The fourth-order valence-electron chi connectivity index (χ4n) is 1.59. The molecule has 0 bridgehead atoms. The number of hydrogen-bond acceptors (Lipinski definition) is 1. The van der Waals surface area contributed by atoms with Crippen molar-refractivity contribution >= 4 is 0 Å². The minimum absolute atomic E-state index is 0.666. The third-order valence-electron chi connectivity index (χ3n) is 2.49. The highest BCUT2D eigenvalue weighted by Crippen LogP contribution is 2.13. The van der Waals surface area contributed by atoms with Crippen LogP contribution in [0.5, 0.6) is 0 Å². The van der Waals surface area contributed by atoms with Crippen LogP contribution >= 0.6 is 0 Å². The molecule has 2 rings (SSSR count). The second-order valence-electron chi connectivity index (χ2n) is 3.40. The SMILES string of the molecule is CCc1ccc(-n2cccc2C#N)cc1. The molecule has 0 N–H and O–H groups in total. The van der Waals surface area contributed by atoms with Crippen LogP contribution in [-0.4, -0.2) is 4.57 Å². The maximum Gasteiger partial charge on any atom is 0.124 e. The van der Waals surface area contributed by atoms with Crippen LogP contribution in [-0.2, 0) is 6.42 Å². The molecule has 0 atom stereocenters. The Kier molecular flexibility index (Phi) is 2.55. The Balaban J connectivity index is 2.42. The average Bonchev–Trinajstić information content (AvgIpc) is 2.77. The molecule has 0 unspecified atom stereocenters. The van der Waals surface area contributed by atoms with Gasteiger partial charge in [0.05, 0.1) is 0 Å². The number of aromatic nitrogens is 1. The number of benzene rings is 1. The largest absolute Gasteiger partial charge is 0.308 e. The van der Waals surface area contributed by atoms with Crippen molar-refractivity contribution in [3.8, 4) is 11.8 Å². The highest BCUT2D eigenvalue weighted by Gasteiger charge is 2.01. The molecule has 0 amide bonds. The van der Waals surface area contributed by atoms with Gasteiger partial charge in [0, 0.05) is 11.9 Å². The molecule has 2 nitrogen and oxygen atoms in total. The second-order valence-corrected chi connectivity index (χ2v) is 3.40. The first-order valence-corrected chi connectivity index (χ1v) is 5.02. The molecule has 74 valence electrons. The molecule has 0 aliphatic heterocycles. The van der Waals surface area contributed by atoms with Gasteiger partial charge in [-0.25, -0.2) is 0 Å². The monoisotopic (exact) mass is 196 g/mol. The quantitative estimate of drug-likeness (QED) is 0.726. The molecule has 1 aromatic carbocycles. The standard InChI is InChI=1S/C13H12N2/c1-2-11-5-7-12(8-6-11)15-9-3-4-13(15)10-14/h3-9H,2H2,1H3. The zero-order valence-electron chi connectivity index (χ0n) is 8.64. The third-order valence-corrected chi connectivity index (χ3v) is 2.49. The predicted molar refractivity (Wildman–Crippen MR) is 59.9 cm³/mol. The maximum absolute atomic E-state index is 8.90. The lowest BCUT2D eigenvalue weighted by molar-refractivity contribution is 1.04. The van der Waals surface area contributed by atoms with Gasteiger partial charge in [-0.3, -0.25) is 0 Å². The van der Waals surface area contributed by atoms with Crippen LogP contribution in [0, 0.1) is 11.3 Å². The van der Waals surface area contributed by atoms with E-state index in [4.69, 9.17) is 5.26 Å². The first kappa shape index (κ1) is 9.54. The van der Waals surface area contributed by atoms with E-state index in [2.05, 4.69) is 25.1 Å². The molecule has 1 aromatic heterocycles. The number of hydrogen-bond donors (Lipinski definition) is 0. The molecule has 0 aliphatic rings. The molecule has 2 aromatic rings. The summed E-state index contributed by atoms with van der Waals surface area (Å²) in [7, 11) is 0. The lowest BCUT2D eigenvalue weighted by Crippen LogP contribution is -1.95. The zero-order valence-corrected chi connectivity index (χ0v) is 8.64. The Morgan fingerprint density at radius 1 is 1.20 bits per heavy atom. The van der Waals surface area contributed by atoms with Crippen molar-refractivity contribution in [2.45, 2.75) is 13.3 Å². The Morgan fingerprint density at radius 3 is 2.53 bits per heavy atom. The topological polar surface area (TPSA) is 28.7 Å². The molecule has 15 heavy (non-hydrogen) atoms. The fraction of sp³-hybridized carbons (Fsp3) is 0.154. The Labute approximate surface area is 89.4 Å². The highest BCUT2D eigenvalue weighted by molar-refractivity contribution is 5.40. The summed E-state index contributed by atoms with van der Waals surface area (Å²) in [6, 6.07) is 14.1. The van der Waals surface area contributed by atoms with Crippen molar-refractivity contribution in [2.75, 3.05) is 0 Å². The molecule has 1 heterocycles. The van der Waals surface area contributed by atoms with E-state index in [1.807, 2.05) is 35.0 Å². The minimum Gasteiger partial charge on any atom is -0.308 e. The number of aryl methyl sites for hydroxylation is 1. The van der Waals surface area contributed by atoms with Crippen molar-refractivity contribution < 1.29 is 0 Å². The lowest BCUT2D eigenvalue weighted by atomic mass is 10.1. The Morgan fingerprint density at radius 2 is 1.93 bits per heavy atom. The molecule has 2 heteroatoms. The van der Waals surface area contributed by atoms with E-state index in [1.165, 1.54) is 5.56 Å².